The number of nitrogens with zero attached hydrogens (tertiary/aromatic N) is 1. The van der Waals surface area contributed by atoms with Gasteiger partial charge in [0, 0.05) is 37.4 Å². The van der Waals surface area contributed by atoms with Crippen LogP contribution in [0, 0.1) is 12.7 Å². The zero-order valence-corrected chi connectivity index (χ0v) is 14.8. The summed E-state index contributed by atoms with van der Waals surface area (Å²) in [4.78, 5) is 4.54. The topological polar surface area (TPSA) is 12.9 Å². The molecule has 0 amide bonds. The summed E-state index contributed by atoms with van der Waals surface area (Å²) < 4.78 is 14.6. The molecule has 1 aliphatic carbocycles. The minimum Gasteiger partial charge on any atom is -0.269 e. The smallest absolute Gasteiger partial charge is 0.103 e. The minimum absolute atomic E-state index is 0. The van der Waals surface area contributed by atoms with E-state index < -0.39 is 5.41 Å². The van der Waals surface area contributed by atoms with Gasteiger partial charge in [-0.3, -0.25) is 4.98 Å². The first kappa shape index (κ1) is 15.2. The molecule has 2 aromatic carbocycles. The number of aromatic nitrogens is 1. The van der Waals surface area contributed by atoms with Crippen molar-refractivity contribution in [3.63, 3.8) is 0 Å². The molecule has 1 radical (unpaired) electrons. The molecular formula is C19H15FIrN-. The first-order chi connectivity index (χ1) is 10.0. The normalized spacial score (nSPS) is 14.3. The summed E-state index contributed by atoms with van der Waals surface area (Å²) in [5.41, 5.74) is 3.96. The summed E-state index contributed by atoms with van der Waals surface area (Å²) in [7, 11) is 0. The fraction of sp³-hybridized carbons (Fsp3) is 0.158. The van der Waals surface area contributed by atoms with Crippen molar-refractivity contribution in [3.8, 4) is 11.3 Å². The minimum atomic E-state index is -0.400. The second-order valence-corrected chi connectivity index (χ2v) is 6.14. The monoisotopic (exact) mass is 469 g/mol. The van der Waals surface area contributed by atoms with Crippen molar-refractivity contribution >= 4 is 10.8 Å². The fourth-order valence-corrected chi connectivity index (χ4v) is 3.58. The van der Waals surface area contributed by atoms with Gasteiger partial charge in [0.25, 0.3) is 0 Å². The molecule has 22 heavy (non-hydrogen) atoms. The molecule has 0 fully saturated rings. The summed E-state index contributed by atoms with van der Waals surface area (Å²) in [6.07, 6.45) is 1.79. The summed E-state index contributed by atoms with van der Waals surface area (Å²) in [5.74, 6) is -0.185. The van der Waals surface area contributed by atoms with E-state index in [9.17, 15) is 4.39 Å². The molecule has 0 unspecified atom stereocenters. The molecule has 4 rings (SSSR count). The van der Waals surface area contributed by atoms with Crippen LogP contribution in [-0.2, 0) is 25.5 Å². The van der Waals surface area contributed by atoms with Crippen LogP contribution < -0.4 is 0 Å². The molecule has 1 aromatic heterocycles. The van der Waals surface area contributed by atoms with Crippen LogP contribution in [-0.4, -0.2) is 4.98 Å². The van der Waals surface area contributed by atoms with Gasteiger partial charge in [-0.05, 0) is 28.0 Å². The Morgan fingerprint density at radius 3 is 2.64 bits per heavy atom. The molecule has 0 saturated carbocycles. The molecule has 3 aromatic rings. The van der Waals surface area contributed by atoms with E-state index in [4.69, 9.17) is 0 Å². The zero-order valence-electron chi connectivity index (χ0n) is 12.4. The van der Waals surface area contributed by atoms with Crippen molar-refractivity contribution in [2.24, 2.45) is 0 Å². The maximum absolute atomic E-state index is 14.6. The Morgan fingerprint density at radius 2 is 1.86 bits per heavy atom. The van der Waals surface area contributed by atoms with Crippen LogP contribution in [0.15, 0.2) is 42.6 Å². The molecule has 3 heteroatoms. The number of rotatable bonds is 0. The van der Waals surface area contributed by atoms with Crippen molar-refractivity contribution in [1.82, 2.24) is 4.98 Å². The van der Waals surface area contributed by atoms with Gasteiger partial charge >= 0.3 is 0 Å². The largest absolute Gasteiger partial charge is 0.269 e. The van der Waals surface area contributed by atoms with Crippen molar-refractivity contribution in [3.05, 3.63) is 72.0 Å². The second kappa shape index (κ2) is 4.90. The quantitative estimate of drug-likeness (QED) is 0.430. The van der Waals surface area contributed by atoms with Gasteiger partial charge in [0.1, 0.15) is 5.82 Å². The number of pyridine rings is 1. The van der Waals surface area contributed by atoms with E-state index in [0.29, 0.717) is 5.56 Å². The average molecular weight is 469 g/mol. The Balaban J connectivity index is 0.00000144. The van der Waals surface area contributed by atoms with Crippen molar-refractivity contribution in [2.75, 3.05) is 0 Å². The summed E-state index contributed by atoms with van der Waals surface area (Å²) in [6.45, 7) is 8.23. The molecule has 1 aliphatic rings. The Morgan fingerprint density at radius 1 is 1.09 bits per heavy atom. The average Bonchev–Trinajstić information content (AvgIpc) is 2.47. The van der Waals surface area contributed by atoms with Crippen LogP contribution >= 0.6 is 0 Å². The molecule has 1 heterocycles. The van der Waals surface area contributed by atoms with Crippen LogP contribution in [0.4, 0.5) is 4.39 Å². The summed E-state index contributed by atoms with van der Waals surface area (Å²) in [6, 6.07) is 11.4. The third-order valence-electron chi connectivity index (χ3n) is 4.57. The van der Waals surface area contributed by atoms with Gasteiger partial charge in [0.15, 0.2) is 0 Å². The van der Waals surface area contributed by atoms with E-state index in [1.165, 1.54) is 6.07 Å². The maximum atomic E-state index is 14.6. The van der Waals surface area contributed by atoms with Crippen molar-refractivity contribution < 1.29 is 24.5 Å². The Labute approximate surface area is 142 Å². The Kier molecular flexibility index (Phi) is 3.39. The van der Waals surface area contributed by atoms with Crippen molar-refractivity contribution in [2.45, 2.75) is 19.3 Å². The number of benzene rings is 2. The van der Waals surface area contributed by atoms with E-state index in [1.54, 1.807) is 12.3 Å². The second-order valence-electron chi connectivity index (χ2n) is 6.14. The van der Waals surface area contributed by atoms with E-state index in [-0.39, 0.29) is 25.9 Å². The van der Waals surface area contributed by atoms with E-state index in [0.717, 1.165) is 33.2 Å². The summed E-state index contributed by atoms with van der Waals surface area (Å²) >= 11 is 0. The molecule has 113 valence electrons. The fourth-order valence-electron chi connectivity index (χ4n) is 3.58. The number of hydrogen-bond acceptors (Lipinski definition) is 1. The Bertz CT molecular complexity index is 894. The van der Waals surface area contributed by atoms with Crippen molar-refractivity contribution in [1.29, 1.82) is 0 Å². The molecular weight excluding hydrogens is 453 g/mol. The van der Waals surface area contributed by atoms with Gasteiger partial charge in [-0.25, -0.2) is 4.39 Å². The first-order valence-electron chi connectivity index (χ1n) is 7.05. The zero-order chi connectivity index (χ0) is 14.8. The Hall–Kier alpha value is -1.70. The molecule has 1 nitrogen and oxygen atoms in total. The van der Waals surface area contributed by atoms with Crippen LogP contribution in [0.2, 0.25) is 0 Å². The van der Waals surface area contributed by atoms with Gasteiger partial charge in [-0.1, -0.05) is 43.7 Å². The van der Waals surface area contributed by atoms with Gasteiger partial charge in [-0.2, -0.15) is 18.6 Å². The van der Waals surface area contributed by atoms with Crippen LogP contribution in [0.3, 0.4) is 0 Å². The van der Waals surface area contributed by atoms with Crippen LogP contribution in [0.25, 0.3) is 22.0 Å². The molecule has 0 N–H and O–H groups in total. The number of hydrogen-bond donors (Lipinski definition) is 0. The van der Waals surface area contributed by atoms with E-state index in [2.05, 4.69) is 37.9 Å². The third-order valence-corrected chi connectivity index (χ3v) is 4.57. The van der Waals surface area contributed by atoms with Crippen LogP contribution in [0.1, 0.15) is 30.5 Å². The maximum Gasteiger partial charge on any atom is 0.103 e. The number of halogens is 1. The SMILES string of the molecule is [CH2-]c1ccc(F)c2c1-c1nccc3cccc(c13)C2(C)C.[Ir]. The molecule has 0 saturated heterocycles. The molecule has 0 aliphatic heterocycles. The molecule has 0 spiro atoms. The van der Waals surface area contributed by atoms with E-state index in [1.807, 2.05) is 12.1 Å². The van der Waals surface area contributed by atoms with Gasteiger partial charge in [0.2, 0.25) is 0 Å². The summed E-state index contributed by atoms with van der Waals surface area (Å²) in [5, 5.41) is 2.26. The predicted octanol–water partition coefficient (Wildman–Crippen LogP) is 4.86. The molecule has 0 atom stereocenters. The van der Waals surface area contributed by atoms with Gasteiger partial charge in [-0.15, -0.1) is 0 Å². The predicted molar refractivity (Wildman–Crippen MR) is 83.7 cm³/mol. The number of fused-ring (bicyclic) bond motifs is 2. The van der Waals surface area contributed by atoms with Crippen LogP contribution in [0.5, 0.6) is 0 Å². The van der Waals surface area contributed by atoms with Gasteiger partial charge in [0.05, 0.1) is 0 Å². The molecule has 0 bridgehead atoms. The van der Waals surface area contributed by atoms with E-state index >= 15 is 0 Å². The third kappa shape index (κ3) is 1.79. The first-order valence-corrected chi connectivity index (χ1v) is 7.05. The van der Waals surface area contributed by atoms with Gasteiger partial charge < -0.3 is 0 Å². The standard InChI is InChI=1S/C19H15FN.Ir/c1-11-7-8-14(20)17-15(11)18-16-12(9-10-21-18)5-4-6-13(16)19(17,2)3;/h4-10H,1H2,2-3H3;/q-1;.